The van der Waals surface area contributed by atoms with Gasteiger partial charge in [-0.3, -0.25) is 19.8 Å². The number of nitrogens with two attached hydrogens (primary N) is 1. The van der Waals surface area contributed by atoms with Gasteiger partial charge in [-0.25, -0.2) is 9.97 Å². The number of benzene rings is 2. The Labute approximate surface area is 326 Å². The van der Waals surface area contributed by atoms with Crippen molar-refractivity contribution in [2.24, 2.45) is 5.73 Å². The minimum atomic E-state index is 0.267. The van der Waals surface area contributed by atoms with Gasteiger partial charge in [0.25, 0.3) is 0 Å². The van der Waals surface area contributed by atoms with Crippen LogP contribution >= 0.6 is 0 Å². The van der Waals surface area contributed by atoms with Crippen LogP contribution in [0.1, 0.15) is 97.1 Å². The topological polar surface area (TPSA) is 97.2 Å². The Morgan fingerprint density at radius 2 is 1.31 bits per heavy atom. The first-order valence-electron chi connectivity index (χ1n) is 20.5. The Bertz CT molecular complexity index is 2190. The SMILES string of the molecule is CN(CCCCCn1c(CN(C)C2CCCc3cccnc32)nc2ccccc21)CC1CCC(N(C)Cc2nc3ccccc3n2CCN)c2ncccc21. The molecule has 3 unspecified atom stereocenters. The summed E-state index contributed by atoms with van der Waals surface area (Å²) in [7, 11) is 6.77. The molecule has 4 heterocycles. The lowest BCUT2D eigenvalue weighted by atomic mass is 9.82. The predicted molar refractivity (Wildman–Crippen MR) is 222 cm³/mol. The molecule has 0 fully saturated rings. The van der Waals surface area contributed by atoms with E-state index in [2.05, 4.69) is 118 Å². The molecule has 4 aromatic heterocycles. The van der Waals surface area contributed by atoms with Crippen molar-refractivity contribution in [1.29, 1.82) is 0 Å². The van der Waals surface area contributed by atoms with Crippen LogP contribution in [0.2, 0.25) is 0 Å². The highest BCUT2D eigenvalue weighted by atomic mass is 15.2. The molecule has 2 aliphatic rings. The molecule has 0 radical (unpaired) electrons. The monoisotopic (exact) mass is 738 g/mol. The van der Waals surface area contributed by atoms with Crippen LogP contribution in [0.4, 0.5) is 0 Å². The number of rotatable bonds is 16. The zero-order valence-corrected chi connectivity index (χ0v) is 33.0. The molecule has 55 heavy (non-hydrogen) atoms. The second-order valence-corrected chi connectivity index (χ2v) is 16.0. The van der Waals surface area contributed by atoms with Crippen molar-refractivity contribution in [3.05, 3.63) is 119 Å². The van der Waals surface area contributed by atoms with Crippen molar-refractivity contribution in [3.8, 4) is 0 Å². The third-order valence-electron chi connectivity index (χ3n) is 12.2. The van der Waals surface area contributed by atoms with Crippen molar-refractivity contribution >= 4 is 22.1 Å². The Kier molecular flexibility index (Phi) is 11.7. The lowest BCUT2D eigenvalue weighted by molar-refractivity contribution is 0.186. The minimum Gasteiger partial charge on any atom is -0.329 e. The van der Waals surface area contributed by atoms with E-state index in [0.717, 1.165) is 99.6 Å². The van der Waals surface area contributed by atoms with Gasteiger partial charge in [0.2, 0.25) is 0 Å². The molecule has 8 rings (SSSR count). The number of fused-ring (bicyclic) bond motifs is 4. The summed E-state index contributed by atoms with van der Waals surface area (Å²) >= 11 is 0. The van der Waals surface area contributed by atoms with Crippen LogP contribution in [0.3, 0.4) is 0 Å². The highest BCUT2D eigenvalue weighted by Gasteiger charge is 2.32. The van der Waals surface area contributed by atoms with Gasteiger partial charge >= 0.3 is 0 Å². The number of imidazole rings is 2. The summed E-state index contributed by atoms with van der Waals surface area (Å²) in [6, 6.07) is 26.4. The molecule has 0 saturated carbocycles. The maximum atomic E-state index is 6.03. The summed E-state index contributed by atoms with van der Waals surface area (Å²) in [5.41, 5.74) is 15.8. The quantitative estimate of drug-likeness (QED) is 0.102. The maximum absolute atomic E-state index is 6.03. The van der Waals surface area contributed by atoms with Gasteiger partial charge in [-0.15, -0.1) is 0 Å². The highest BCUT2D eigenvalue weighted by Crippen LogP contribution is 2.40. The zero-order valence-electron chi connectivity index (χ0n) is 33.0. The van der Waals surface area contributed by atoms with Crippen LogP contribution in [0.5, 0.6) is 0 Å². The summed E-state index contributed by atoms with van der Waals surface area (Å²) in [5, 5.41) is 0. The van der Waals surface area contributed by atoms with Crippen molar-refractivity contribution in [2.75, 3.05) is 40.8 Å². The second-order valence-electron chi connectivity index (χ2n) is 16.0. The molecule has 10 nitrogen and oxygen atoms in total. The summed E-state index contributed by atoms with van der Waals surface area (Å²) in [4.78, 5) is 27.4. The fraction of sp³-hybridized carbons (Fsp3) is 0.467. The summed E-state index contributed by atoms with van der Waals surface area (Å²) < 4.78 is 4.77. The average Bonchev–Trinajstić information content (AvgIpc) is 3.74. The zero-order chi connectivity index (χ0) is 37.7. The number of unbranched alkanes of at least 4 members (excludes halogenated alkanes) is 2. The van der Waals surface area contributed by atoms with Gasteiger partial charge in [0, 0.05) is 38.6 Å². The number of nitrogens with zero attached hydrogens (tertiary/aromatic N) is 9. The van der Waals surface area contributed by atoms with Gasteiger partial charge < -0.3 is 19.8 Å². The fourth-order valence-corrected chi connectivity index (χ4v) is 9.42. The Balaban J connectivity index is 0.856. The standard InChI is InChI=1S/C45H58N10/c1-51(30-34-22-23-41(45-35(34)16-13-26-48-45)53(3)32-43-50-37-18-6-8-20-39(37)55(43)29-24-46)27-9-4-10-28-54-38-19-7-5-17-36(38)49-42(54)31-52(2)40-21-11-14-33-15-12-25-47-44(33)40/h5-8,12-13,15-20,25-26,34,40-41H,4,9-11,14,21-24,27-32,46H2,1-3H3. The minimum absolute atomic E-state index is 0.267. The summed E-state index contributed by atoms with van der Waals surface area (Å²) in [6.45, 7) is 6.10. The second kappa shape index (κ2) is 17.1. The van der Waals surface area contributed by atoms with Crippen molar-refractivity contribution in [3.63, 3.8) is 0 Å². The Morgan fingerprint density at radius 1 is 0.673 bits per heavy atom. The van der Waals surface area contributed by atoms with E-state index in [0.29, 0.717) is 18.5 Å². The van der Waals surface area contributed by atoms with E-state index in [1.165, 1.54) is 47.3 Å². The van der Waals surface area contributed by atoms with Gasteiger partial charge in [-0.2, -0.15) is 0 Å². The maximum Gasteiger partial charge on any atom is 0.124 e. The van der Waals surface area contributed by atoms with Crippen LogP contribution in [0, 0.1) is 0 Å². The van der Waals surface area contributed by atoms with E-state index < -0.39 is 0 Å². The fourth-order valence-electron chi connectivity index (χ4n) is 9.42. The van der Waals surface area contributed by atoms with E-state index in [9.17, 15) is 0 Å². The lowest BCUT2D eigenvalue weighted by Gasteiger charge is -2.37. The van der Waals surface area contributed by atoms with E-state index in [1.807, 2.05) is 12.4 Å². The molecule has 6 aromatic rings. The molecular weight excluding hydrogens is 681 g/mol. The van der Waals surface area contributed by atoms with Gasteiger partial charge in [-0.05, 0) is 126 Å². The molecule has 0 amide bonds. The van der Waals surface area contributed by atoms with Gasteiger partial charge in [0.1, 0.15) is 11.6 Å². The van der Waals surface area contributed by atoms with Crippen LogP contribution in [0.25, 0.3) is 22.1 Å². The molecule has 10 heteroatoms. The molecule has 3 atom stereocenters. The third kappa shape index (κ3) is 8.10. The summed E-state index contributed by atoms with van der Waals surface area (Å²) in [6.07, 6.45) is 13.2. The van der Waals surface area contributed by atoms with E-state index in [-0.39, 0.29) is 6.04 Å². The molecular formula is C45H58N10. The van der Waals surface area contributed by atoms with Crippen molar-refractivity contribution in [2.45, 2.75) is 95.5 Å². The first kappa shape index (κ1) is 37.4. The molecule has 0 bridgehead atoms. The largest absolute Gasteiger partial charge is 0.329 e. The van der Waals surface area contributed by atoms with Gasteiger partial charge in [0.05, 0.1) is 58.6 Å². The number of pyridine rings is 2. The highest BCUT2D eigenvalue weighted by molar-refractivity contribution is 5.76. The van der Waals surface area contributed by atoms with Crippen molar-refractivity contribution < 1.29 is 0 Å². The first-order valence-corrected chi connectivity index (χ1v) is 20.5. The van der Waals surface area contributed by atoms with E-state index >= 15 is 0 Å². The lowest BCUT2D eigenvalue weighted by Crippen LogP contribution is -2.34. The number of para-hydroxylation sites is 4. The predicted octanol–water partition coefficient (Wildman–Crippen LogP) is 7.50. The number of hydrogen-bond donors (Lipinski definition) is 1. The van der Waals surface area contributed by atoms with Crippen LogP contribution in [-0.4, -0.2) is 84.5 Å². The number of aromatic nitrogens is 6. The Morgan fingerprint density at radius 3 is 2.02 bits per heavy atom. The summed E-state index contributed by atoms with van der Waals surface area (Å²) in [5.74, 6) is 2.72. The van der Waals surface area contributed by atoms with Gasteiger partial charge in [0.15, 0.2) is 0 Å². The normalized spacial score (nSPS) is 18.5. The van der Waals surface area contributed by atoms with Crippen LogP contribution < -0.4 is 5.73 Å². The molecule has 0 saturated heterocycles. The Hall–Kier alpha value is -4.48. The third-order valence-corrected chi connectivity index (χ3v) is 12.2. The first-order chi connectivity index (χ1) is 27.0. The van der Waals surface area contributed by atoms with E-state index in [1.54, 1.807) is 0 Å². The molecule has 2 N–H and O–H groups in total. The van der Waals surface area contributed by atoms with Crippen LogP contribution in [0.15, 0.2) is 85.2 Å². The molecule has 288 valence electrons. The molecule has 2 aliphatic carbocycles. The van der Waals surface area contributed by atoms with E-state index in [4.69, 9.17) is 25.7 Å². The number of aryl methyl sites for hydroxylation is 2. The average molecular weight is 739 g/mol. The van der Waals surface area contributed by atoms with Gasteiger partial charge in [-0.1, -0.05) is 42.8 Å². The molecule has 0 spiro atoms. The smallest absolute Gasteiger partial charge is 0.124 e. The number of hydrogen-bond acceptors (Lipinski definition) is 8. The van der Waals surface area contributed by atoms with Crippen molar-refractivity contribution in [1.82, 2.24) is 43.8 Å². The molecule has 2 aromatic carbocycles. The number of likely N-dealkylation sites (N-methyl/N-ethyl adjacent to an activating group) is 1. The molecule has 0 aliphatic heterocycles. The van der Waals surface area contributed by atoms with Crippen LogP contribution in [-0.2, 0) is 32.6 Å².